The van der Waals surface area contributed by atoms with Crippen molar-refractivity contribution in [3.05, 3.63) is 18.2 Å². The SMILES string of the molecule is O=C(O)CCC(NC(=O)C1CCCN1)C(=O)NC(Cc1cnc[nH]1)C(=O)N1CCCC1C(=O)O. The van der Waals surface area contributed by atoms with Crippen molar-refractivity contribution < 1.29 is 34.2 Å². The summed E-state index contributed by atoms with van der Waals surface area (Å²) in [5, 5.41) is 26.8. The van der Waals surface area contributed by atoms with Gasteiger partial charge in [0, 0.05) is 31.3 Å². The van der Waals surface area contributed by atoms with Gasteiger partial charge in [0.05, 0.1) is 12.4 Å². The third-order valence-corrected chi connectivity index (χ3v) is 6.07. The van der Waals surface area contributed by atoms with Crippen molar-refractivity contribution in [2.24, 2.45) is 0 Å². The van der Waals surface area contributed by atoms with E-state index in [1.807, 2.05) is 0 Å². The van der Waals surface area contributed by atoms with Gasteiger partial charge in [-0.1, -0.05) is 0 Å². The fourth-order valence-electron chi connectivity index (χ4n) is 4.29. The van der Waals surface area contributed by atoms with E-state index in [9.17, 15) is 29.1 Å². The second-order valence-corrected chi connectivity index (χ2v) is 8.51. The zero-order chi connectivity index (χ0) is 24.7. The molecule has 1 aromatic rings. The van der Waals surface area contributed by atoms with Crippen molar-refractivity contribution in [1.82, 2.24) is 30.8 Å². The zero-order valence-corrected chi connectivity index (χ0v) is 18.7. The Morgan fingerprint density at radius 2 is 1.91 bits per heavy atom. The van der Waals surface area contributed by atoms with E-state index in [0.717, 1.165) is 6.42 Å². The minimum atomic E-state index is -1.17. The molecule has 13 nitrogen and oxygen atoms in total. The Labute approximate surface area is 195 Å². The molecule has 3 rings (SSSR count). The van der Waals surface area contributed by atoms with Crippen LogP contribution in [0.25, 0.3) is 0 Å². The molecule has 0 saturated carbocycles. The first-order valence-corrected chi connectivity index (χ1v) is 11.3. The van der Waals surface area contributed by atoms with Gasteiger partial charge in [-0.25, -0.2) is 9.78 Å². The minimum absolute atomic E-state index is 0.0250. The lowest BCUT2D eigenvalue weighted by atomic mass is 10.1. The first-order chi connectivity index (χ1) is 16.3. The van der Waals surface area contributed by atoms with Crippen LogP contribution in [-0.4, -0.2) is 92.0 Å². The second kappa shape index (κ2) is 11.6. The molecule has 0 bridgehead atoms. The predicted octanol–water partition coefficient (Wildman–Crippen LogP) is -1.39. The standard InChI is InChI=1S/C21H30N6O7/c28-17(29)6-5-14(25-18(30)13-3-1-7-23-13)19(31)26-15(9-12-10-22-11-24-12)20(32)27-8-2-4-16(27)21(33)34/h10-11,13-16,23H,1-9H2,(H,22,24)(H,25,30)(H,26,31)(H,28,29)(H,33,34). The fourth-order valence-corrected chi connectivity index (χ4v) is 4.29. The van der Waals surface area contributed by atoms with Gasteiger partial charge in [-0.15, -0.1) is 0 Å². The molecule has 6 N–H and O–H groups in total. The van der Waals surface area contributed by atoms with Crippen LogP contribution in [-0.2, 0) is 30.4 Å². The third-order valence-electron chi connectivity index (χ3n) is 6.07. The molecule has 4 atom stereocenters. The summed E-state index contributed by atoms with van der Waals surface area (Å²) in [5.74, 6) is -3.93. The number of aliphatic carboxylic acids is 2. The molecule has 2 aliphatic heterocycles. The lowest BCUT2D eigenvalue weighted by Gasteiger charge is -2.28. The highest BCUT2D eigenvalue weighted by atomic mass is 16.4. The Morgan fingerprint density at radius 3 is 2.53 bits per heavy atom. The molecule has 2 aliphatic rings. The number of aromatic amines is 1. The van der Waals surface area contributed by atoms with Crippen LogP contribution in [0.15, 0.2) is 12.5 Å². The number of likely N-dealkylation sites (tertiary alicyclic amines) is 1. The molecule has 3 amide bonds. The van der Waals surface area contributed by atoms with Crippen LogP contribution >= 0.6 is 0 Å². The summed E-state index contributed by atoms with van der Waals surface area (Å²) in [5.41, 5.74) is 0.547. The highest BCUT2D eigenvalue weighted by Crippen LogP contribution is 2.19. The Balaban J connectivity index is 1.75. The molecule has 3 heterocycles. The number of amides is 3. The first-order valence-electron chi connectivity index (χ1n) is 11.3. The highest BCUT2D eigenvalue weighted by Gasteiger charge is 2.38. The smallest absolute Gasteiger partial charge is 0.326 e. The van der Waals surface area contributed by atoms with E-state index in [0.29, 0.717) is 31.5 Å². The van der Waals surface area contributed by atoms with Gasteiger partial charge in [-0.2, -0.15) is 0 Å². The molecule has 13 heteroatoms. The van der Waals surface area contributed by atoms with E-state index >= 15 is 0 Å². The lowest BCUT2D eigenvalue weighted by Crippen LogP contribution is -2.57. The number of carbonyl (C=O) groups excluding carboxylic acids is 3. The van der Waals surface area contributed by atoms with Gasteiger partial charge in [0.1, 0.15) is 18.1 Å². The monoisotopic (exact) mass is 478 g/mol. The van der Waals surface area contributed by atoms with Gasteiger partial charge >= 0.3 is 11.9 Å². The number of aromatic nitrogens is 2. The van der Waals surface area contributed by atoms with Crippen LogP contribution in [0.1, 0.15) is 44.2 Å². The third kappa shape index (κ3) is 6.53. The van der Waals surface area contributed by atoms with Gasteiger partial charge in [0.25, 0.3) is 0 Å². The lowest BCUT2D eigenvalue weighted by molar-refractivity contribution is -0.149. The molecule has 4 unspecified atom stereocenters. The van der Waals surface area contributed by atoms with Gasteiger partial charge in [-0.3, -0.25) is 19.2 Å². The van der Waals surface area contributed by atoms with Gasteiger partial charge in [0.2, 0.25) is 17.7 Å². The number of H-pyrrole nitrogens is 1. The maximum absolute atomic E-state index is 13.3. The zero-order valence-electron chi connectivity index (χ0n) is 18.7. The summed E-state index contributed by atoms with van der Waals surface area (Å²) in [7, 11) is 0. The van der Waals surface area contributed by atoms with Crippen molar-refractivity contribution in [3.8, 4) is 0 Å². The summed E-state index contributed by atoms with van der Waals surface area (Å²) in [6, 6.07) is -3.74. The Morgan fingerprint density at radius 1 is 1.12 bits per heavy atom. The molecule has 34 heavy (non-hydrogen) atoms. The van der Waals surface area contributed by atoms with E-state index < -0.39 is 53.8 Å². The van der Waals surface area contributed by atoms with E-state index in [-0.39, 0.29) is 25.8 Å². The highest BCUT2D eigenvalue weighted by molar-refractivity contribution is 5.94. The van der Waals surface area contributed by atoms with Crippen LogP contribution in [0.5, 0.6) is 0 Å². The molecule has 2 fully saturated rings. The van der Waals surface area contributed by atoms with Gasteiger partial charge in [0.15, 0.2) is 0 Å². The second-order valence-electron chi connectivity index (χ2n) is 8.51. The van der Waals surface area contributed by atoms with Crippen molar-refractivity contribution in [1.29, 1.82) is 0 Å². The molecule has 0 aliphatic carbocycles. The summed E-state index contributed by atoms with van der Waals surface area (Å²) in [6.45, 7) is 0.920. The molecule has 0 radical (unpaired) electrons. The van der Waals surface area contributed by atoms with E-state index in [4.69, 9.17) is 5.11 Å². The Kier molecular flexibility index (Phi) is 8.57. The number of imidazole rings is 1. The average molecular weight is 479 g/mol. The van der Waals surface area contributed by atoms with Crippen LogP contribution in [0.2, 0.25) is 0 Å². The number of carboxylic acid groups (broad SMARTS) is 2. The van der Waals surface area contributed by atoms with Gasteiger partial charge in [-0.05, 0) is 38.6 Å². The topological polar surface area (TPSA) is 194 Å². The molecular weight excluding hydrogens is 448 g/mol. The summed E-state index contributed by atoms with van der Waals surface area (Å²) in [6.07, 6.45) is 4.67. The number of nitrogens with zero attached hydrogens (tertiary/aromatic N) is 2. The quantitative estimate of drug-likeness (QED) is 0.222. The molecule has 186 valence electrons. The number of carboxylic acids is 2. The molecule has 0 aromatic carbocycles. The number of rotatable bonds is 11. The number of hydrogen-bond acceptors (Lipinski definition) is 7. The van der Waals surface area contributed by atoms with Crippen LogP contribution in [0.3, 0.4) is 0 Å². The van der Waals surface area contributed by atoms with E-state index in [1.165, 1.54) is 17.4 Å². The predicted molar refractivity (Wildman–Crippen MR) is 116 cm³/mol. The van der Waals surface area contributed by atoms with Gasteiger partial charge < -0.3 is 36.0 Å². The van der Waals surface area contributed by atoms with E-state index in [1.54, 1.807) is 0 Å². The molecule has 1 aromatic heterocycles. The maximum atomic E-state index is 13.3. The molecular formula is C21H30N6O7. The maximum Gasteiger partial charge on any atom is 0.326 e. The van der Waals surface area contributed by atoms with Crippen molar-refractivity contribution in [2.45, 2.75) is 69.1 Å². The number of carbonyl (C=O) groups is 5. The fraction of sp³-hybridized carbons (Fsp3) is 0.619. The summed E-state index contributed by atoms with van der Waals surface area (Å²) < 4.78 is 0. The Hall–Kier alpha value is -3.48. The van der Waals surface area contributed by atoms with E-state index in [2.05, 4.69) is 25.9 Å². The largest absolute Gasteiger partial charge is 0.481 e. The van der Waals surface area contributed by atoms with Crippen molar-refractivity contribution >= 4 is 29.7 Å². The summed E-state index contributed by atoms with van der Waals surface area (Å²) in [4.78, 5) is 69.6. The number of hydrogen-bond donors (Lipinski definition) is 6. The Bertz CT molecular complexity index is 899. The van der Waals surface area contributed by atoms with Crippen molar-refractivity contribution in [2.75, 3.05) is 13.1 Å². The van der Waals surface area contributed by atoms with Crippen LogP contribution in [0.4, 0.5) is 0 Å². The normalized spacial score (nSPS) is 21.6. The summed E-state index contributed by atoms with van der Waals surface area (Å²) >= 11 is 0. The molecule has 2 saturated heterocycles. The van der Waals surface area contributed by atoms with Crippen molar-refractivity contribution in [3.63, 3.8) is 0 Å². The van der Waals surface area contributed by atoms with Crippen LogP contribution < -0.4 is 16.0 Å². The molecule has 0 spiro atoms. The van der Waals surface area contributed by atoms with Crippen LogP contribution in [0, 0.1) is 0 Å². The number of nitrogens with one attached hydrogen (secondary N) is 4. The minimum Gasteiger partial charge on any atom is -0.481 e. The average Bonchev–Trinajstić information content (AvgIpc) is 3.57. The first kappa shape index (κ1) is 25.1.